The maximum absolute atomic E-state index is 13.0. The first kappa shape index (κ1) is 71.0. The zero-order valence-electron chi connectivity index (χ0n) is 48.9. The van der Waals surface area contributed by atoms with E-state index in [1.54, 1.807) is 6.08 Å². The Kier molecular flexibility index (Phi) is 54.0. The van der Waals surface area contributed by atoms with E-state index in [4.69, 9.17) is 9.05 Å². The zero-order chi connectivity index (χ0) is 52.7. The highest BCUT2D eigenvalue weighted by Gasteiger charge is 2.23. The van der Waals surface area contributed by atoms with E-state index in [-0.39, 0.29) is 19.1 Å². The molecule has 0 saturated heterocycles. The maximum atomic E-state index is 13.0. The van der Waals surface area contributed by atoms with Crippen molar-refractivity contribution in [3.63, 3.8) is 0 Å². The van der Waals surface area contributed by atoms with Gasteiger partial charge in [0.15, 0.2) is 0 Å². The largest absolute Gasteiger partial charge is 0.756 e. The van der Waals surface area contributed by atoms with Crippen molar-refractivity contribution in [1.82, 2.24) is 5.32 Å². The smallest absolute Gasteiger partial charge is 0.268 e. The second-order valence-corrected chi connectivity index (χ2v) is 24.5. The quantitative estimate of drug-likeness (QED) is 0.0272. The highest BCUT2D eigenvalue weighted by molar-refractivity contribution is 7.45. The van der Waals surface area contributed by atoms with E-state index >= 15 is 0 Å². The molecule has 0 radical (unpaired) electrons. The molecule has 8 nitrogen and oxygen atoms in total. The Morgan fingerprint density at radius 3 is 1.08 bits per heavy atom. The lowest BCUT2D eigenvalue weighted by molar-refractivity contribution is -0.870. The van der Waals surface area contributed by atoms with Gasteiger partial charge in [-0.2, -0.15) is 0 Å². The number of aliphatic hydroxyl groups excluding tert-OH is 1. The van der Waals surface area contributed by atoms with Gasteiger partial charge in [0, 0.05) is 6.42 Å². The molecule has 0 fully saturated rings. The molecule has 0 rings (SSSR count). The summed E-state index contributed by atoms with van der Waals surface area (Å²) < 4.78 is 23.3. The van der Waals surface area contributed by atoms with Crippen LogP contribution in [-0.2, 0) is 18.4 Å². The van der Waals surface area contributed by atoms with Gasteiger partial charge in [0.05, 0.1) is 39.9 Å². The van der Waals surface area contributed by atoms with Crippen LogP contribution in [-0.4, -0.2) is 68.5 Å². The molecule has 0 saturated carbocycles. The number of phosphoric ester groups is 1. The van der Waals surface area contributed by atoms with Gasteiger partial charge < -0.3 is 28.8 Å². The van der Waals surface area contributed by atoms with Crippen molar-refractivity contribution >= 4 is 13.7 Å². The summed E-state index contributed by atoms with van der Waals surface area (Å²) in [7, 11) is 1.27. The minimum absolute atomic E-state index is 0.00124. The fourth-order valence-electron chi connectivity index (χ4n) is 9.68. The van der Waals surface area contributed by atoms with Gasteiger partial charge >= 0.3 is 0 Å². The molecule has 0 spiro atoms. The Hall–Kier alpha value is -1.02. The first-order valence-corrected chi connectivity index (χ1v) is 33.2. The average molecular weight is 1040 g/mol. The SMILES string of the molecule is CCCCCCCCCCCCC/C=C/C(O)C(COP(=O)([O-])OCC[N+](C)(C)C)NC(=O)CCCCCCCCCCCCCCCCCCC/C=C\CCCCCCCCCCCCCCCCCC. The van der Waals surface area contributed by atoms with Gasteiger partial charge in [-0.3, -0.25) is 9.36 Å². The Labute approximate surface area is 449 Å². The number of aliphatic hydroxyl groups is 1. The third-order valence-electron chi connectivity index (χ3n) is 14.7. The van der Waals surface area contributed by atoms with Gasteiger partial charge in [0.1, 0.15) is 13.2 Å². The van der Waals surface area contributed by atoms with Crippen LogP contribution < -0.4 is 10.2 Å². The summed E-state index contributed by atoms with van der Waals surface area (Å²) in [5.41, 5.74) is 0. The summed E-state index contributed by atoms with van der Waals surface area (Å²) >= 11 is 0. The fourth-order valence-corrected chi connectivity index (χ4v) is 10.4. The number of carbonyl (C=O) groups excluding carboxylic acids is 1. The standard InChI is InChI=1S/C63H125N2O6P/c1-6-8-10-12-14-16-18-20-21-22-23-24-25-26-27-28-29-30-31-32-33-34-35-36-37-38-39-40-41-42-43-45-47-49-51-53-55-57-63(67)64-61(60-71-72(68,69)70-59-58-65(3,4)5)62(66)56-54-52-50-48-46-44-19-17-15-13-11-9-7-2/h30-31,54,56,61-62,66H,6-29,32-53,55,57-60H2,1-5H3,(H-,64,67,68,69)/b31-30-,56-54+. The first-order chi connectivity index (χ1) is 35.0. The number of unbranched alkanes of at least 4 members (excludes halogenated alkanes) is 44. The van der Waals surface area contributed by atoms with Gasteiger partial charge in [-0.1, -0.05) is 295 Å². The first-order valence-electron chi connectivity index (χ1n) is 31.7. The number of allylic oxidation sites excluding steroid dienone is 3. The molecule has 428 valence electrons. The summed E-state index contributed by atoms with van der Waals surface area (Å²) in [5.74, 6) is -0.193. The predicted octanol–water partition coefficient (Wildman–Crippen LogP) is 18.9. The van der Waals surface area contributed by atoms with Crippen LogP contribution in [0.3, 0.4) is 0 Å². The number of rotatable bonds is 59. The van der Waals surface area contributed by atoms with E-state index in [0.29, 0.717) is 17.4 Å². The number of nitrogens with one attached hydrogen (secondary N) is 1. The van der Waals surface area contributed by atoms with Gasteiger partial charge in [0.2, 0.25) is 5.91 Å². The monoisotopic (exact) mass is 1040 g/mol. The Bertz CT molecular complexity index is 1220. The molecule has 0 aromatic heterocycles. The third-order valence-corrected chi connectivity index (χ3v) is 15.6. The van der Waals surface area contributed by atoms with Crippen LogP contribution in [0.1, 0.15) is 322 Å². The lowest BCUT2D eigenvalue weighted by Crippen LogP contribution is -2.45. The van der Waals surface area contributed by atoms with Gasteiger partial charge in [-0.25, -0.2) is 0 Å². The lowest BCUT2D eigenvalue weighted by atomic mass is 10.0. The van der Waals surface area contributed by atoms with Crippen LogP contribution in [0.15, 0.2) is 24.3 Å². The molecule has 3 unspecified atom stereocenters. The molecular formula is C63H125N2O6P. The number of phosphoric acid groups is 1. The Morgan fingerprint density at radius 1 is 0.472 bits per heavy atom. The molecule has 0 heterocycles. The average Bonchev–Trinajstić information content (AvgIpc) is 3.34. The van der Waals surface area contributed by atoms with Crippen molar-refractivity contribution in [2.75, 3.05) is 40.9 Å². The van der Waals surface area contributed by atoms with E-state index < -0.39 is 20.0 Å². The minimum Gasteiger partial charge on any atom is -0.756 e. The Morgan fingerprint density at radius 2 is 0.764 bits per heavy atom. The van der Waals surface area contributed by atoms with Crippen LogP contribution in [0.5, 0.6) is 0 Å². The van der Waals surface area contributed by atoms with Crippen LogP contribution in [0.2, 0.25) is 0 Å². The summed E-state index contributed by atoms with van der Waals surface area (Å²) in [4.78, 5) is 25.5. The topological polar surface area (TPSA) is 108 Å². The number of carbonyl (C=O) groups is 1. The summed E-state index contributed by atoms with van der Waals surface area (Å²) in [6.45, 7) is 4.68. The number of hydrogen-bond donors (Lipinski definition) is 2. The van der Waals surface area contributed by atoms with Gasteiger partial charge in [-0.05, 0) is 44.9 Å². The van der Waals surface area contributed by atoms with Crippen molar-refractivity contribution in [2.24, 2.45) is 0 Å². The molecule has 3 atom stereocenters. The summed E-state index contributed by atoms with van der Waals surface area (Å²) in [6.07, 6.45) is 70.1. The minimum atomic E-state index is -4.59. The maximum Gasteiger partial charge on any atom is 0.268 e. The predicted molar refractivity (Wildman–Crippen MR) is 312 cm³/mol. The molecule has 1 amide bonds. The van der Waals surface area contributed by atoms with E-state index in [9.17, 15) is 19.4 Å². The molecule has 72 heavy (non-hydrogen) atoms. The molecule has 0 aliphatic rings. The van der Waals surface area contributed by atoms with Crippen LogP contribution >= 0.6 is 7.82 Å². The van der Waals surface area contributed by atoms with E-state index in [2.05, 4.69) is 31.3 Å². The molecule has 0 aromatic carbocycles. The summed E-state index contributed by atoms with van der Waals surface area (Å²) in [6, 6.07) is -0.883. The molecule has 9 heteroatoms. The number of nitrogens with zero attached hydrogens (tertiary/aromatic N) is 1. The van der Waals surface area contributed by atoms with Crippen LogP contribution in [0.4, 0.5) is 0 Å². The van der Waals surface area contributed by atoms with E-state index in [0.717, 1.165) is 38.5 Å². The Balaban J connectivity index is 3.89. The molecular weight excluding hydrogens is 912 g/mol. The lowest BCUT2D eigenvalue weighted by Gasteiger charge is -2.29. The van der Waals surface area contributed by atoms with Crippen molar-refractivity contribution in [3.05, 3.63) is 24.3 Å². The zero-order valence-corrected chi connectivity index (χ0v) is 49.8. The second kappa shape index (κ2) is 54.8. The van der Waals surface area contributed by atoms with Crippen LogP contribution in [0.25, 0.3) is 0 Å². The van der Waals surface area contributed by atoms with Crippen molar-refractivity contribution in [3.8, 4) is 0 Å². The van der Waals surface area contributed by atoms with Gasteiger partial charge in [-0.15, -0.1) is 0 Å². The number of amides is 1. The third kappa shape index (κ3) is 56.7. The van der Waals surface area contributed by atoms with Gasteiger partial charge in [0.25, 0.3) is 7.82 Å². The van der Waals surface area contributed by atoms with E-state index in [1.807, 2.05) is 27.2 Å². The van der Waals surface area contributed by atoms with Crippen LogP contribution in [0, 0.1) is 0 Å². The van der Waals surface area contributed by atoms with E-state index in [1.165, 1.54) is 263 Å². The highest BCUT2D eigenvalue weighted by atomic mass is 31.2. The number of quaternary nitrogens is 1. The van der Waals surface area contributed by atoms with Crippen molar-refractivity contribution in [2.45, 2.75) is 334 Å². The van der Waals surface area contributed by atoms with Crippen molar-refractivity contribution in [1.29, 1.82) is 0 Å². The molecule has 0 bridgehead atoms. The fraction of sp³-hybridized carbons (Fsp3) is 0.921. The highest BCUT2D eigenvalue weighted by Crippen LogP contribution is 2.38. The number of hydrogen-bond acceptors (Lipinski definition) is 6. The van der Waals surface area contributed by atoms with Crippen molar-refractivity contribution < 1.29 is 32.9 Å². The molecule has 0 aliphatic heterocycles. The molecule has 2 N–H and O–H groups in total. The molecule has 0 aliphatic carbocycles. The number of likely N-dealkylation sites (N-methyl/N-ethyl adjacent to an activating group) is 1. The normalized spacial score (nSPS) is 13.9. The molecule has 0 aromatic rings. The summed E-state index contributed by atoms with van der Waals surface area (Å²) in [5, 5.41) is 13.9. The second-order valence-electron chi connectivity index (χ2n) is 23.1.